The standard InChI is InChI=1S/C10H16N2O/c1-4-8(2)7-10(13)9-5-6-12(3)11-9/h5-6,8H,4,7H2,1-3H3. The van der Waals surface area contributed by atoms with Crippen LogP contribution in [0.25, 0.3) is 0 Å². The van der Waals surface area contributed by atoms with Crippen molar-refractivity contribution in [2.24, 2.45) is 13.0 Å². The second kappa shape index (κ2) is 4.21. The molecule has 0 aromatic carbocycles. The molecular formula is C10H16N2O. The van der Waals surface area contributed by atoms with E-state index in [0.717, 1.165) is 6.42 Å². The summed E-state index contributed by atoms with van der Waals surface area (Å²) >= 11 is 0. The van der Waals surface area contributed by atoms with Crippen molar-refractivity contribution < 1.29 is 4.79 Å². The van der Waals surface area contributed by atoms with Gasteiger partial charge in [0.15, 0.2) is 5.78 Å². The number of carbonyl (C=O) groups is 1. The Morgan fingerprint density at radius 1 is 1.69 bits per heavy atom. The molecule has 0 bridgehead atoms. The summed E-state index contributed by atoms with van der Waals surface area (Å²) in [5.41, 5.74) is 0.586. The van der Waals surface area contributed by atoms with Crippen molar-refractivity contribution in [3.05, 3.63) is 18.0 Å². The molecule has 0 saturated heterocycles. The number of aromatic nitrogens is 2. The van der Waals surface area contributed by atoms with Crippen LogP contribution in [0.5, 0.6) is 0 Å². The first kappa shape index (κ1) is 9.96. The van der Waals surface area contributed by atoms with Crippen LogP contribution in [0, 0.1) is 5.92 Å². The third-order valence-electron chi connectivity index (χ3n) is 2.23. The van der Waals surface area contributed by atoms with Gasteiger partial charge in [0.25, 0.3) is 0 Å². The Morgan fingerprint density at radius 2 is 2.38 bits per heavy atom. The molecule has 1 aromatic heterocycles. The van der Waals surface area contributed by atoms with Gasteiger partial charge in [0.2, 0.25) is 0 Å². The van der Waals surface area contributed by atoms with Crippen molar-refractivity contribution in [1.29, 1.82) is 0 Å². The molecule has 3 nitrogen and oxygen atoms in total. The zero-order chi connectivity index (χ0) is 9.84. The molecule has 0 saturated carbocycles. The second-order valence-corrected chi connectivity index (χ2v) is 3.52. The molecule has 0 fully saturated rings. The minimum absolute atomic E-state index is 0.148. The monoisotopic (exact) mass is 180 g/mol. The van der Waals surface area contributed by atoms with Crippen LogP contribution in [0.4, 0.5) is 0 Å². The van der Waals surface area contributed by atoms with E-state index in [-0.39, 0.29) is 5.78 Å². The average Bonchev–Trinajstić information content (AvgIpc) is 2.51. The highest BCUT2D eigenvalue weighted by Crippen LogP contribution is 2.10. The normalized spacial score (nSPS) is 12.8. The summed E-state index contributed by atoms with van der Waals surface area (Å²) in [6, 6.07) is 1.77. The molecule has 0 aliphatic rings. The first-order chi connectivity index (χ1) is 6.13. The Hall–Kier alpha value is -1.12. The lowest BCUT2D eigenvalue weighted by molar-refractivity contribution is 0.0958. The highest BCUT2D eigenvalue weighted by molar-refractivity contribution is 5.94. The molecule has 0 radical (unpaired) electrons. The fraction of sp³-hybridized carbons (Fsp3) is 0.600. The lowest BCUT2D eigenvalue weighted by Gasteiger charge is -2.04. The Balaban J connectivity index is 2.58. The van der Waals surface area contributed by atoms with Gasteiger partial charge < -0.3 is 0 Å². The van der Waals surface area contributed by atoms with Crippen molar-refractivity contribution in [3.8, 4) is 0 Å². The highest BCUT2D eigenvalue weighted by atomic mass is 16.1. The topological polar surface area (TPSA) is 34.9 Å². The number of carbonyl (C=O) groups excluding carboxylic acids is 1. The summed E-state index contributed by atoms with van der Waals surface area (Å²) in [5.74, 6) is 0.601. The lowest BCUT2D eigenvalue weighted by atomic mass is 10.0. The van der Waals surface area contributed by atoms with Crippen LogP contribution < -0.4 is 0 Å². The first-order valence-corrected chi connectivity index (χ1v) is 4.66. The number of rotatable bonds is 4. The van der Waals surface area contributed by atoms with Crippen LogP contribution in [0.3, 0.4) is 0 Å². The Labute approximate surface area is 78.8 Å². The molecule has 1 heterocycles. The van der Waals surface area contributed by atoms with E-state index in [1.165, 1.54) is 0 Å². The van der Waals surface area contributed by atoms with Crippen molar-refractivity contribution in [1.82, 2.24) is 9.78 Å². The largest absolute Gasteiger partial charge is 0.292 e. The average molecular weight is 180 g/mol. The van der Waals surface area contributed by atoms with Gasteiger partial charge in [0, 0.05) is 19.7 Å². The minimum Gasteiger partial charge on any atom is -0.292 e. The van der Waals surface area contributed by atoms with Gasteiger partial charge in [-0.15, -0.1) is 0 Å². The number of aryl methyl sites for hydroxylation is 1. The minimum atomic E-state index is 0.148. The van der Waals surface area contributed by atoms with E-state index >= 15 is 0 Å². The molecule has 1 atom stereocenters. The Morgan fingerprint density at radius 3 is 2.85 bits per heavy atom. The molecule has 0 spiro atoms. The first-order valence-electron chi connectivity index (χ1n) is 4.66. The smallest absolute Gasteiger partial charge is 0.183 e. The van der Waals surface area contributed by atoms with Gasteiger partial charge in [-0.2, -0.15) is 5.10 Å². The van der Waals surface area contributed by atoms with Crippen LogP contribution in [0.1, 0.15) is 37.2 Å². The van der Waals surface area contributed by atoms with Crippen LogP contribution in [-0.4, -0.2) is 15.6 Å². The SMILES string of the molecule is CCC(C)CC(=O)c1ccn(C)n1. The van der Waals surface area contributed by atoms with Crippen molar-refractivity contribution in [2.45, 2.75) is 26.7 Å². The van der Waals surface area contributed by atoms with Gasteiger partial charge in [-0.05, 0) is 12.0 Å². The van der Waals surface area contributed by atoms with Gasteiger partial charge in [0.05, 0.1) is 0 Å². The van der Waals surface area contributed by atoms with E-state index in [1.54, 1.807) is 16.9 Å². The summed E-state index contributed by atoms with van der Waals surface area (Å²) in [4.78, 5) is 11.6. The fourth-order valence-corrected chi connectivity index (χ4v) is 1.13. The molecule has 3 heteroatoms. The fourth-order valence-electron chi connectivity index (χ4n) is 1.13. The number of hydrogen-bond donors (Lipinski definition) is 0. The summed E-state index contributed by atoms with van der Waals surface area (Å²) in [6.45, 7) is 4.18. The van der Waals surface area contributed by atoms with Crippen LogP contribution in [0.2, 0.25) is 0 Å². The summed E-state index contributed by atoms with van der Waals surface area (Å²) in [5, 5.41) is 4.07. The quantitative estimate of drug-likeness (QED) is 0.664. The molecular weight excluding hydrogens is 164 g/mol. The molecule has 1 unspecified atom stereocenters. The third-order valence-corrected chi connectivity index (χ3v) is 2.23. The van der Waals surface area contributed by atoms with E-state index in [1.807, 2.05) is 7.05 Å². The zero-order valence-corrected chi connectivity index (χ0v) is 8.45. The lowest BCUT2D eigenvalue weighted by Crippen LogP contribution is -2.06. The van der Waals surface area contributed by atoms with Gasteiger partial charge in [-0.1, -0.05) is 20.3 Å². The summed E-state index contributed by atoms with van der Waals surface area (Å²) in [6.07, 6.45) is 3.44. The molecule has 13 heavy (non-hydrogen) atoms. The van der Waals surface area contributed by atoms with Gasteiger partial charge >= 0.3 is 0 Å². The van der Waals surface area contributed by atoms with Crippen LogP contribution in [0.15, 0.2) is 12.3 Å². The number of ketones is 1. The van der Waals surface area contributed by atoms with Gasteiger partial charge in [-0.25, -0.2) is 0 Å². The van der Waals surface area contributed by atoms with E-state index in [9.17, 15) is 4.79 Å². The van der Waals surface area contributed by atoms with E-state index < -0.39 is 0 Å². The van der Waals surface area contributed by atoms with Crippen molar-refractivity contribution >= 4 is 5.78 Å². The molecule has 1 aromatic rings. The highest BCUT2D eigenvalue weighted by Gasteiger charge is 2.11. The Kier molecular flexibility index (Phi) is 3.23. The van der Waals surface area contributed by atoms with Crippen molar-refractivity contribution in [2.75, 3.05) is 0 Å². The van der Waals surface area contributed by atoms with Crippen LogP contribution >= 0.6 is 0 Å². The summed E-state index contributed by atoms with van der Waals surface area (Å²) in [7, 11) is 1.82. The van der Waals surface area contributed by atoms with Crippen LogP contribution in [-0.2, 0) is 7.05 Å². The van der Waals surface area contributed by atoms with E-state index in [0.29, 0.717) is 18.0 Å². The number of hydrogen-bond acceptors (Lipinski definition) is 2. The molecule has 72 valence electrons. The van der Waals surface area contributed by atoms with Gasteiger partial charge in [0.1, 0.15) is 5.69 Å². The molecule has 0 aliphatic carbocycles. The zero-order valence-electron chi connectivity index (χ0n) is 8.45. The predicted molar refractivity (Wildman–Crippen MR) is 51.6 cm³/mol. The summed E-state index contributed by atoms with van der Waals surface area (Å²) < 4.78 is 1.66. The molecule has 0 amide bonds. The molecule has 1 rings (SSSR count). The maximum absolute atomic E-state index is 11.6. The number of nitrogens with zero attached hydrogens (tertiary/aromatic N) is 2. The van der Waals surface area contributed by atoms with Gasteiger partial charge in [-0.3, -0.25) is 9.48 Å². The van der Waals surface area contributed by atoms with Crippen molar-refractivity contribution in [3.63, 3.8) is 0 Å². The second-order valence-electron chi connectivity index (χ2n) is 3.52. The third kappa shape index (κ3) is 2.68. The maximum atomic E-state index is 11.6. The molecule has 0 aliphatic heterocycles. The molecule has 0 N–H and O–H groups in total. The Bertz CT molecular complexity index is 291. The maximum Gasteiger partial charge on any atom is 0.183 e. The van der Waals surface area contributed by atoms with E-state index in [4.69, 9.17) is 0 Å². The van der Waals surface area contributed by atoms with E-state index in [2.05, 4.69) is 18.9 Å². The predicted octanol–water partition coefficient (Wildman–Crippen LogP) is 2.04. The number of Topliss-reactive ketones (excluding diaryl/α,β-unsaturated/α-hetero) is 1.